The molecular formula is C23H22N2O5. The second kappa shape index (κ2) is 7.74. The van der Waals surface area contributed by atoms with Gasteiger partial charge in [0, 0.05) is 48.6 Å². The van der Waals surface area contributed by atoms with Gasteiger partial charge in [0.25, 0.3) is 5.91 Å². The number of hydrogen-bond acceptors (Lipinski definition) is 5. The molecule has 3 aromatic rings. The van der Waals surface area contributed by atoms with Crippen LogP contribution in [-0.2, 0) is 27.3 Å². The highest BCUT2D eigenvalue weighted by molar-refractivity contribution is 5.87. The molecule has 2 aliphatic heterocycles. The van der Waals surface area contributed by atoms with Gasteiger partial charge >= 0.3 is 5.97 Å². The fourth-order valence-corrected chi connectivity index (χ4v) is 4.08. The molecule has 2 aliphatic rings. The minimum atomic E-state index is -0.714. The Hall–Kier alpha value is -3.48. The molecule has 30 heavy (non-hydrogen) atoms. The first kappa shape index (κ1) is 18.5. The highest BCUT2D eigenvalue weighted by Gasteiger charge is 2.33. The van der Waals surface area contributed by atoms with Crippen LogP contribution in [0.15, 0.2) is 48.7 Å². The molecular weight excluding hydrogens is 384 g/mol. The Morgan fingerprint density at radius 3 is 2.87 bits per heavy atom. The Morgan fingerprint density at radius 2 is 2.00 bits per heavy atom. The maximum absolute atomic E-state index is 13.2. The summed E-state index contributed by atoms with van der Waals surface area (Å²) in [4.78, 5) is 29.8. The molecule has 5 rings (SSSR count). The van der Waals surface area contributed by atoms with E-state index >= 15 is 0 Å². The third kappa shape index (κ3) is 3.47. The lowest BCUT2D eigenvalue weighted by Gasteiger charge is -2.25. The number of cyclic esters (lactones) is 1. The number of carbonyl (C=O) groups excluding carboxylic acids is 2. The SMILES string of the molecule is O=C1CCC(C(=O)N(CCc2c[nH]c3ccccc23)Cc2cccc3c2OCO3)O1. The average molecular weight is 406 g/mol. The Labute approximate surface area is 173 Å². The van der Waals surface area contributed by atoms with Crippen LogP contribution in [-0.4, -0.2) is 41.2 Å². The van der Waals surface area contributed by atoms with Crippen LogP contribution in [0.25, 0.3) is 10.9 Å². The highest BCUT2D eigenvalue weighted by atomic mass is 16.7. The topological polar surface area (TPSA) is 80.9 Å². The third-order valence-corrected chi connectivity index (χ3v) is 5.64. The van der Waals surface area contributed by atoms with Crippen molar-refractivity contribution < 1.29 is 23.8 Å². The first-order valence-electron chi connectivity index (χ1n) is 10.1. The number of esters is 1. The lowest BCUT2D eigenvalue weighted by Crippen LogP contribution is -2.40. The molecule has 1 atom stereocenters. The van der Waals surface area contributed by atoms with Gasteiger partial charge in [-0.2, -0.15) is 0 Å². The molecule has 0 aliphatic carbocycles. The van der Waals surface area contributed by atoms with Crippen LogP contribution in [0.2, 0.25) is 0 Å². The van der Waals surface area contributed by atoms with E-state index in [9.17, 15) is 9.59 Å². The highest BCUT2D eigenvalue weighted by Crippen LogP contribution is 2.36. The smallest absolute Gasteiger partial charge is 0.306 e. The third-order valence-electron chi connectivity index (χ3n) is 5.64. The fraction of sp³-hybridized carbons (Fsp3) is 0.304. The molecule has 1 amide bonds. The number of aromatic nitrogens is 1. The van der Waals surface area contributed by atoms with E-state index < -0.39 is 6.10 Å². The van der Waals surface area contributed by atoms with Crippen molar-refractivity contribution in [1.29, 1.82) is 0 Å². The van der Waals surface area contributed by atoms with E-state index in [0.717, 1.165) is 22.0 Å². The monoisotopic (exact) mass is 406 g/mol. The van der Waals surface area contributed by atoms with Crippen molar-refractivity contribution in [3.63, 3.8) is 0 Å². The van der Waals surface area contributed by atoms with Crippen molar-refractivity contribution >= 4 is 22.8 Å². The minimum absolute atomic E-state index is 0.169. The van der Waals surface area contributed by atoms with Gasteiger partial charge in [0.2, 0.25) is 6.79 Å². The van der Waals surface area contributed by atoms with Gasteiger partial charge in [-0.15, -0.1) is 0 Å². The molecule has 1 saturated heterocycles. The Morgan fingerprint density at radius 1 is 1.10 bits per heavy atom. The predicted octanol–water partition coefficient (Wildman–Crippen LogP) is 3.17. The summed E-state index contributed by atoms with van der Waals surface area (Å²) in [7, 11) is 0. The quantitative estimate of drug-likeness (QED) is 0.636. The molecule has 7 heteroatoms. The molecule has 0 saturated carbocycles. The Kier molecular flexibility index (Phi) is 4.78. The number of benzene rings is 2. The van der Waals surface area contributed by atoms with Crippen molar-refractivity contribution in [3.05, 3.63) is 59.8 Å². The zero-order valence-electron chi connectivity index (χ0n) is 16.4. The second-order valence-electron chi connectivity index (χ2n) is 7.54. The number of nitrogens with zero attached hydrogens (tertiary/aromatic N) is 1. The summed E-state index contributed by atoms with van der Waals surface area (Å²) in [6.07, 6.45) is 2.66. The summed E-state index contributed by atoms with van der Waals surface area (Å²) in [5, 5.41) is 1.15. The van der Waals surface area contributed by atoms with E-state index in [1.807, 2.05) is 42.6 Å². The molecule has 0 bridgehead atoms. The minimum Gasteiger partial charge on any atom is -0.454 e. The van der Waals surface area contributed by atoms with Crippen molar-refractivity contribution in [1.82, 2.24) is 9.88 Å². The van der Waals surface area contributed by atoms with Crippen LogP contribution >= 0.6 is 0 Å². The van der Waals surface area contributed by atoms with Crippen LogP contribution in [0, 0.1) is 0 Å². The number of nitrogens with one attached hydrogen (secondary N) is 1. The number of fused-ring (bicyclic) bond motifs is 2. The lowest BCUT2D eigenvalue weighted by atomic mass is 10.1. The molecule has 0 spiro atoms. The molecule has 0 radical (unpaired) electrons. The van der Waals surface area contributed by atoms with Gasteiger partial charge in [0.15, 0.2) is 17.6 Å². The van der Waals surface area contributed by atoms with Crippen LogP contribution < -0.4 is 9.47 Å². The fourth-order valence-electron chi connectivity index (χ4n) is 4.08. The number of carbonyl (C=O) groups is 2. The first-order valence-corrected chi connectivity index (χ1v) is 10.1. The maximum atomic E-state index is 13.2. The Balaban J connectivity index is 1.39. The number of H-pyrrole nitrogens is 1. The summed E-state index contributed by atoms with van der Waals surface area (Å²) >= 11 is 0. The molecule has 1 fully saturated rings. The molecule has 1 N–H and O–H groups in total. The van der Waals surface area contributed by atoms with Crippen LogP contribution in [0.5, 0.6) is 11.5 Å². The van der Waals surface area contributed by atoms with E-state index in [1.54, 1.807) is 4.90 Å². The summed E-state index contributed by atoms with van der Waals surface area (Å²) in [6.45, 7) is 1.04. The van der Waals surface area contributed by atoms with E-state index in [4.69, 9.17) is 14.2 Å². The molecule has 154 valence electrons. The zero-order chi connectivity index (χ0) is 20.5. The van der Waals surface area contributed by atoms with Gasteiger partial charge in [-0.3, -0.25) is 9.59 Å². The number of amides is 1. The van der Waals surface area contributed by atoms with Gasteiger partial charge < -0.3 is 24.1 Å². The normalized spacial score (nSPS) is 17.3. The van der Waals surface area contributed by atoms with Gasteiger partial charge in [-0.1, -0.05) is 30.3 Å². The molecule has 1 unspecified atom stereocenters. The number of rotatable bonds is 6. The standard InChI is InChI=1S/C23H22N2O5/c26-21-9-8-20(30-21)23(27)25(13-16-4-3-7-19-22(16)29-14-28-19)11-10-15-12-24-18-6-2-1-5-17(15)18/h1-7,12,20,24H,8-11,13-14H2. The second-order valence-corrected chi connectivity index (χ2v) is 7.54. The van der Waals surface area contributed by atoms with Crippen molar-refractivity contribution in [2.24, 2.45) is 0 Å². The largest absolute Gasteiger partial charge is 0.454 e. The molecule has 1 aromatic heterocycles. The average Bonchev–Trinajstić information content (AvgIpc) is 3.50. The number of ether oxygens (including phenoxy) is 3. The molecule has 3 heterocycles. The molecule has 7 nitrogen and oxygen atoms in total. The van der Waals surface area contributed by atoms with E-state index in [-0.39, 0.29) is 25.1 Å². The van der Waals surface area contributed by atoms with Crippen molar-refractivity contribution in [3.8, 4) is 11.5 Å². The number of hydrogen-bond donors (Lipinski definition) is 1. The molecule has 2 aromatic carbocycles. The van der Waals surface area contributed by atoms with Gasteiger partial charge in [0.05, 0.1) is 0 Å². The van der Waals surface area contributed by atoms with E-state index in [2.05, 4.69) is 11.1 Å². The summed E-state index contributed by atoms with van der Waals surface area (Å²) in [5.41, 5.74) is 3.09. The lowest BCUT2D eigenvalue weighted by molar-refractivity contribution is -0.153. The van der Waals surface area contributed by atoms with E-state index in [1.165, 1.54) is 0 Å². The summed E-state index contributed by atoms with van der Waals surface area (Å²) < 4.78 is 16.3. The van der Waals surface area contributed by atoms with Crippen LogP contribution in [0.3, 0.4) is 0 Å². The summed E-state index contributed by atoms with van der Waals surface area (Å²) in [6, 6.07) is 13.8. The Bertz CT molecular complexity index is 1110. The zero-order valence-corrected chi connectivity index (χ0v) is 16.4. The van der Waals surface area contributed by atoms with E-state index in [0.29, 0.717) is 37.4 Å². The van der Waals surface area contributed by atoms with Gasteiger partial charge in [-0.05, 0) is 24.1 Å². The maximum Gasteiger partial charge on any atom is 0.306 e. The first-order chi connectivity index (χ1) is 14.7. The number of para-hydroxylation sites is 2. The number of aromatic amines is 1. The van der Waals surface area contributed by atoms with Gasteiger partial charge in [-0.25, -0.2) is 0 Å². The van der Waals surface area contributed by atoms with Gasteiger partial charge in [0.1, 0.15) is 0 Å². The van der Waals surface area contributed by atoms with Crippen LogP contribution in [0.1, 0.15) is 24.0 Å². The van der Waals surface area contributed by atoms with Crippen molar-refractivity contribution in [2.45, 2.75) is 31.9 Å². The predicted molar refractivity (Wildman–Crippen MR) is 109 cm³/mol. The van der Waals surface area contributed by atoms with Crippen molar-refractivity contribution in [2.75, 3.05) is 13.3 Å². The summed E-state index contributed by atoms with van der Waals surface area (Å²) in [5.74, 6) is 0.870. The van der Waals surface area contributed by atoms with Crippen LogP contribution in [0.4, 0.5) is 0 Å².